The van der Waals surface area contributed by atoms with Gasteiger partial charge in [0.2, 0.25) is 5.88 Å². The molecule has 0 aliphatic rings. The minimum absolute atomic E-state index is 0.590. The monoisotopic (exact) mass is 240 g/mol. The van der Waals surface area contributed by atoms with Gasteiger partial charge in [0, 0.05) is 36.6 Å². The predicted molar refractivity (Wildman–Crippen MR) is 68.3 cm³/mol. The highest BCUT2D eigenvalue weighted by atomic mass is 16.5. The molecular weight excluding hydrogens is 228 g/mol. The van der Waals surface area contributed by atoms with Crippen molar-refractivity contribution in [3.05, 3.63) is 36.8 Å². The Bertz CT molecular complexity index is 705. The SMILES string of the molecule is COc1ccc2ncc(-c3cnn(C)c3)cc2n1. The van der Waals surface area contributed by atoms with Crippen molar-refractivity contribution in [3.63, 3.8) is 0 Å². The van der Waals surface area contributed by atoms with Gasteiger partial charge in [-0.1, -0.05) is 0 Å². The minimum atomic E-state index is 0.590. The Balaban J connectivity index is 2.14. The Kier molecular flexibility index (Phi) is 2.44. The third kappa shape index (κ3) is 1.79. The second-order valence-electron chi connectivity index (χ2n) is 4.02. The van der Waals surface area contributed by atoms with E-state index in [0.717, 1.165) is 22.2 Å². The predicted octanol–water partition coefficient (Wildman–Crippen LogP) is 2.04. The van der Waals surface area contributed by atoms with E-state index in [9.17, 15) is 0 Å². The summed E-state index contributed by atoms with van der Waals surface area (Å²) >= 11 is 0. The molecule has 0 saturated heterocycles. The molecule has 3 rings (SSSR count). The summed E-state index contributed by atoms with van der Waals surface area (Å²) in [7, 11) is 3.49. The fourth-order valence-corrected chi connectivity index (χ4v) is 1.83. The zero-order valence-corrected chi connectivity index (χ0v) is 10.2. The van der Waals surface area contributed by atoms with Gasteiger partial charge in [-0.15, -0.1) is 0 Å². The Hall–Kier alpha value is -2.43. The molecule has 5 heteroatoms. The molecule has 3 aromatic heterocycles. The first-order chi connectivity index (χ1) is 8.76. The first kappa shape index (κ1) is 10.7. The van der Waals surface area contributed by atoms with Crippen LogP contribution in [-0.2, 0) is 7.05 Å². The fraction of sp³-hybridized carbons (Fsp3) is 0.154. The summed E-state index contributed by atoms with van der Waals surface area (Å²) in [4.78, 5) is 8.76. The van der Waals surface area contributed by atoms with E-state index in [4.69, 9.17) is 4.74 Å². The van der Waals surface area contributed by atoms with E-state index in [2.05, 4.69) is 15.1 Å². The summed E-state index contributed by atoms with van der Waals surface area (Å²) in [6.45, 7) is 0. The van der Waals surface area contributed by atoms with Gasteiger partial charge < -0.3 is 4.74 Å². The third-order valence-electron chi connectivity index (χ3n) is 2.76. The van der Waals surface area contributed by atoms with Crippen molar-refractivity contribution in [2.45, 2.75) is 0 Å². The van der Waals surface area contributed by atoms with Crippen LogP contribution in [0.25, 0.3) is 22.2 Å². The van der Waals surface area contributed by atoms with E-state index in [0.29, 0.717) is 5.88 Å². The maximum atomic E-state index is 5.12. The van der Waals surface area contributed by atoms with Crippen LogP contribution in [0.15, 0.2) is 36.8 Å². The van der Waals surface area contributed by atoms with Crippen molar-refractivity contribution in [1.82, 2.24) is 19.7 Å². The van der Waals surface area contributed by atoms with Crippen LogP contribution in [0.2, 0.25) is 0 Å². The van der Waals surface area contributed by atoms with E-state index in [1.807, 2.05) is 37.8 Å². The lowest BCUT2D eigenvalue weighted by molar-refractivity contribution is 0.399. The molecule has 0 unspecified atom stereocenters. The summed E-state index contributed by atoms with van der Waals surface area (Å²) in [5, 5.41) is 4.15. The third-order valence-corrected chi connectivity index (χ3v) is 2.76. The van der Waals surface area contributed by atoms with Crippen LogP contribution in [0.4, 0.5) is 0 Å². The van der Waals surface area contributed by atoms with Crippen LogP contribution >= 0.6 is 0 Å². The van der Waals surface area contributed by atoms with Gasteiger partial charge in [0.05, 0.1) is 24.3 Å². The number of rotatable bonds is 2. The largest absolute Gasteiger partial charge is 0.481 e. The highest BCUT2D eigenvalue weighted by Crippen LogP contribution is 2.22. The average molecular weight is 240 g/mol. The van der Waals surface area contributed by atoms with Crippen molar-refractivity contribution < 1.29 is 4.74 Å². The molecule has 0 spiro atoms. The molecule has 0 aliphatic carbocycles. The van der Waals surface area contributed by atoms with Gasteiger partial charge in [0.15, 0.2) is 0 Å². The number of fused-ring (bicyclic) bond motifs is 1. The summed E-state index contributed by atoms with van der Waals surface area (Å²) in [5.41, 5.74) is 3.69. The van der Waals surface area contributed by atoms with Crippen molar-refractivity contribution in [1.29, 1.82) is 0 Å². The maximum Gasteiger partial charge on any atom is 0.213 e. The molecule has 3 heterocycles. The smallest absolute Gasteiger partial charge is 0.213 e. The Labute approximate surface area is 104 Å². The summed E-state index contributed by atoms with van der Waals surface area (Å²) in [5.74, 6) is 0.590. The molecule has 0 fully saturated rings. The van der Waals surface area contributed by atoms with Crippen LogP contribution in [0.1, 0.15) is 0 Å². The van der Waals surface area contributed by atoms with Crippen LogP contribution in [0.3, 0.4) is 0 Å². The van der Waals surface area contributed by atoms with Crippen LogP contribution in [0, 0.1) is 0 Å². The van der Waals surface area contributed by atoms with Crippen molar-refractivity contribution in [2.75, 3.05) is 7.11 Å². The second-order valence-corrected chi connectivity index (χ2v) is 4.02. The number of aromatic nitrogens is 4. The van der Waals surface area contributed by atoms with Gasteiger partial charge >= 0.3 is 0 Å². The summed E-state index contributed by atoms with van der Waals surface area (Å²) in [6, 6.07) is 5.69. The molecule has 0 saturated carbocycles. The number of nitrogens with zero attached hydrogens (tertiary/aromatic N) is 4. The molecule has 18 heavy (non-hydrogen) atoms. The second kappa shape index (κ2) is 4.10. The highest BCUT2D eigenvalue weighted by molar-refractivity contribution is 5.80. The standard InChI is InChI=1S/C13H12N4O/c1-17-8-10(7-15-17)9-5-12-11(14-6-9)3-4-13(16-12)18-2/h3-8H,1-2H3. The number of aryl methyl sites for hydroxylation is 1. The lowest BCUT2D eigenvalue weighted by atomic mass is 10.1. The van der Waals surface area contributed by atoms with Gasteiger partial charge in [-0.3, -0.25) is 9.67 Å². The average Bonchev–Trinajstić information content (AvgIpc) is 2.84. The minimum Gasteiger partial charge on any atom is -0.481 e. The first-order valence-electron chi connectivity index (χ1n) is 5.56. The molecule has 0 aliphatic heterocycles. The molecule has 5 nitrogen and oxygen atoms in total. The van der Waals surface area contributed by atoms with Gasteiger partial charge in [-0.05, 0) is 12.1 Å². The van der Waals surface area contributed by atoms with Crippen molar-refractivity contribution in [3.8, 4) is 17.0 Å². The fourth-order valence-electron chi connectivity index (χ4n) is 1.83. The summed E-state index contributed by atoms with van der Waals surface area (Å²) < 4.78 is 6.88. The number of pyridine rings is 2. The van der Waals surface area contributed by atoms with E-state index in [1.165, 1.54) is 0 Å². The normalized spacial score (nSPS) is 10.8. The molecule has 0 radical (unpaired) electrons. The van der Waals surface area contributed by atoms with Crippen LogP contribution < -0.4 is 4.74 Å². The quantitative estimate of drug-likeness (QED) is 0.687. The number of hydrogen-bond acceptors (Lipinski definition) is 4. The Morgan fingerprint density at radius 2 is 2.00 bits per heavy atom. The lowest BCUT2D eigenvalue weighted by Crippen LogP contribution is -1.90. The zero-order chi connectivity index (χ0) is 12.5. The number of hydrogen-bond donors (Lipinski definition) is 0. The number of methoxy groups -OCH3 is 1. The molecule has 0 amide bonds. The highest BCUT2D eigenvalue weighted by Gasteiger charge is 2.04. The van der Waals surface area contributed by atoms with Gasteiger partial charge in [-0.2, -0.15) is 5.10 Å². The van der Waals surface area contributed by atoms with Gasteiger partial charge in [0.1, 0.15) is 0 Å². The zero-order valence-electron chi connectivity index (χ0n) is 10.2. The molecule has 0 aromatic carbocycles. The van der Waals surface area contributed by atoms with Gasteiger partial charge in [-0.25, -0.2) is 4.98 Å². The van der Waals surface area contributed by atoms with Crippen molar-refractivity contribution >= 4 is 11.0 Å². The molecular formula is C13H12N4O. The summed E-state index contributed by atoms with van der Waals surface area (Å²) in [6.07, 6.45) is 5.58. The molecule has 90 valence electrons. The molecule has 0 atom stereocenters. The van der Waals surface area contributed by atoms with Crippen LogP contribution in [0.5, 0.6) is 5.88 Å². The Morgan fingerprint density at radius 1 is 1.11 bits per heavy atom. The molecule has 0 N–H and O–H groups in total. The van der Waals surface area contributed by atoms with E-state index in [1.54, 1.807) is 17.9 Å². The first-order valence-corrected chi connectivity index (χ1v) is 5.56. The van der Waals surface area contributed by atoms with Crippen molar-refractivity contribution in [2.24, 2.45) is 7.05 Å². The maximum absolute atomic E-state index is 5.12. The molecule has 3 aromatic rings. The van der Waals surface area contributed by atoms with Gasteiger partial charge in [0.25, 0.3) is 0 Å². The number of ether oxygens (including phenoxy) is 1. The molecule has 0 bridgehead atoms. The van der Waals surface area contributed by atoms with Crippen LogP contribution in [-0.4, -0.2) is 26.9 Å². The van der Waals surface area contributed by atoms with E-state index >= 15 is 0 Å². The van der Waals surface area contributed by atoms with E-state index in [-0.39, 0.29) is 0 Å². The van der Waals surface area contributed by atoms with E-state index < -0.39 is 0 Å². The topological polar surface area (TPSA) is 52.8 Å². The lowest BCUT2D eigenvalue weighted by Gasteiger charge is -2.02. The Morgan fingerprint density at radius 3 is 2.72 bits per heavy atom.